The second-order valence-corrected chi connectivity index (χ2v) is 5.81. The van der Waals surface area contributed by atoms with Gasteiger partial charge in [-0.05, 0) is 33.6 Å². The maximum atomic E-state index is 6.43. The minimum Gasteiger partial charge on any atom is -0.381 e. The van der Waals surface area contributed by atoms with Gasteiger partial charge in [0.05, 0.1) is 0 Å². The van der Waals surface area contributed by atoms with Crippen molar-refractivity contribution in [3.63, 3.8) is 0 Å². The van der Waals surface area contributed by atoms with Crippen molar-refractivity contribution in [2.75, 3.05) is 26.3 Å². The summed E-state index contributed by atoms with van der Waals surface area (Å²) < 4.78 is 5.37. The third-order valence-electron chi connectivity index (χ3n) is 3.29. The molecule has 0 radical (unpaired) electrons. The molecule has 16 heavy (non-hydrogen) atoms. The molecular weight excluding hydrogens is 200 g/mol. The van der Waals surface area contributed by atoms with Crippen molar-refractivity contribution in [2.24, 2.45) is 5.73 Å². The molecule has 0 saturated carbocycles. The third kappa shape index (κ3) is 3.89. The fourth-order valence-corrected chi connectivity index (χ4v) is 2.05. The monoisotopic (exact) mass is 226 g/mol. The fraction of sp³-hybridized carbons (Fsp3) is 0.846. The Morgan fingerprint density at radius 2 is 1.94 bits per heavy atom. The number of hydrogen-bond acceptors (Lipinski definition) is 3. The molecule has 0 unspecified atom stereocenters. The van der Waals surface area contributed by atoms with Crippen LogP contribution in [0.15, 0.2) is 12.7 Å². The Kier molecular flexibility index (Phi) is 4.53. The Morgan fingerprint density at radius 3 is 2.38 bits per heavy atom. The summed E-state index contributed by atoms with van der Waals surface area (Å²) >= 11 is 0. The first-order chi connectivity index (χ1) is 7.37. The maximum Gasteiger partial charge on any atom is 0.0484 e. The average Bonchev–Trinajstić information content (AvgIpc) is 2.16. The van der Waals surface area contributed by atoms with Gasteiger partial charge in [-0.1, -0.05) is 6.08 Å². The summed E-state index contributed by atoms with van der Waals surface area (Å²) in [4.78, 5) is 2.39. The van der Waals surface area contributed by atoms with E-state index < -0.39 is 0 Å². The molecule has 0 aromatic carbocycles. The summed E-state index contributed by atoms with van der Waals surface area (Å²) in [6.07, 6.45) is 3.86. The molecule has 0 bridgehead atoms. The molecule has 2 N–H and O–H groups in total. The highest BCUT2D eigenvalue weighted by Gasteiger charge is 2.33. The Morgan fingerprint density at radius 1 is 1.38 bits per heavy atom. The van der Waals surface area contributed by atoms with Gasteiger partial charge in [0.1, 0.15) is 0 Å². The van der Waals surface area contributed by atoms with Gasteiger partial charge in [-0.25, -0.2) is 0 Å². The van der Waals surface area contributed by atoms with Crippen LogP contribution in [-0.4, -0.2) is 42.3 Å². The summed E-state index contributed by atoms with van der Waals surface area (Å²) in [6, 6.07) is 0. The smallest absolute Gasteiger partial charge is 0.0484 e. The SMILES string of the molecule is C=CCN(CC1(N)CCOCC1)C(C)(C)C. The van der Waals surface area contributed by atoms with Crippen LogP contribution in [0.4, 0.5) is 0 Å². The predicted molar refractivity (Wildman–Crippen MR) is 68.5 cm³/mol. The molecule has 0 aromatic rings. The van der Waals surface area contributed by atoms with Gasteiger partial charge in [0, 0.05) is 37.4 Å². The summed E-state index contributed by atoms with van der Waals surface area (Å²) in [5.74, 6) is 0. The van der Waals surface area contributed by atoms with Crippen LogP contribution in [0.3, 0.4) is 0 Å². The zero-order valence-corrected chi connectivity index (χ0v) is 11.0. The molecule has 0 amide bonds. The van der Waals surface area contributed by atoms with Gasteiger partial charge >= 0.3 is 0 Å². The third-order valence-corrected chi connectivity index (χ3v) is 3.29. The molecule has 0 aromatic heterocycles. The minimum atomic E-state index is -0.0887. The van der Waals surface area contributed by atoms with Crippen molar-refractivity contribution in [2.45, 2.75) is 44.7 Å². The lowest BCUT2D eigenvalue weighted by atomic mass is 9.89. The van der Waals surface area contributed by atoms with E-state index in [-0.39, 0.29) is 11.1 Å². The average molecular weight is 226 g/mol. The molecular formula is C13H26N2O. The van der Waals surface area contributed by atoms with Gasteiger partial charge in [0.15, 0.2) is 0 Å². The highest BCUT2D eigenvalue weighted by molar-refractivity contribution is 4.94. The number of nitrogens with two attached hydrogens (primary N) is 1. The highest BCUT2D eigenvalue weighted by atomic mass is 16.5. The van der Waals surface area contributed by atoms with Gasteiger partial charge in [-0.15, -0.1) is 6.58 Å². The molecule has 1 heterocycles. The molecule has 1 aliphatic heterocycles. The zero-order chi connectivity index (χ0) is 12.2. The summed E-state index contributed by atoms with van der Waals surface area (Å²) in [5.41, 5.74) is 6.48. The van der Waals surface area contributed by atoms with Gasteiger partial charge in [0.25, 0.3) is 0 Å². The van der Waals surface area contributed by atoms with E-state index in [1.807, 2.05) is 6.08 Å². The van der Waals surface area contributed by atoms with E-state index in [2.05, 4.69) is 32.3 Å². The molecule has 94 valence electrons. The topological polar surface area (TPSA) is 38.5 Å². The molecule has 1 fully saturated rings. The molecule has 3 heteroatoms. The second kappa shape index (κ2) is 5.30. The van der Waals surface area contributed by atoms with Crippen molar-refractivity contribution in [3.8, 4) is 0 Å². The highest BCUT2D eigenvalue weighted by Crippen LogP contribution is 2.23. The first-order valence-corrected chi connectivity index (χ1v) is 6.10. The van der Waals surface area contributed by atoms with Crippen LogP contribution in [-0.2, 0) is 4.74 Å². The minimum absolute atomic E-state index is 0.0887. The summed E-state index contributed by atoms with van der Waals surface area (Å²) in [6.45, 7) is 13.9. The molecule has 3 nitrogen and oxygen atoms in total. The standard InChI is InChI=1S/C13H26N2O/c1-5-8-15(12(2,3)4)11-13(14)6-9-16-10-7-13/h5H,1,6-11,14H2,2-4H3. The van der Waals surface area contributed by atoms with E-state index in [1.54, 1.807) is 0 Å². The van der Waals surface area contributed by atoms with Crippen LogP contribution in [0.25, 0.3) is 0 Å². The number of rotatable bonds is 4. The molecule has 1 saturated heterocycles. The van der Waals surface area contributed by atoms with Crippen molar-refractivity contribution >= 4 is 0 Å². The van der Waals surface area contributed by atoms with Gasteiger partial charge in [-0.3, -0.25) is 4.90 Å². The van der Waals surface area contributed by atoms with Gasteiger partial charge < -0.3 is 10.5 Å². The molecule has 1 aliphatic rings. The van der Waals surface area contributed by atoms with Crippen LogP contribution in [0, 0.1) is 0 Å². The van der Waals surface area contributed by atoms with E-state index in [4.69, 9.17) is 10.5 Å². The summed E-state index contributed by atoms with van der Waals surface area (Å²) in [7, 11) is 0. The summed E-state index contributed by atoms with van der Waals surface area (Å²) in [5, 5.41) is 0. The Hall–Kier alpha value is -0.380. The lowest BCUT2D eigenvalue weighted by molar-refractivity contribution is 0.0235. The van der Waals surface area contributed by atoms with Crippen LogP contribution in [0.1, 0.15) is 33.6 Å². The molecule has 0 spiro atoms. The number of nitrogens with zero attached hydrogens (tertiary/aromatic N) is 1. The lowest BCUT2D eigenvalue weighted by Crippen LogP contribution is -2.57. The first kappa shape index (κ1) is 13.7. The van der Waals surface area contributed by atoms with Crippen molar-refractivity contribution < 1.29 is 4.74 Å². The van der Waals surface area contributed by atoms with E-state index in [9.17, 15) is 0 Å². The zero-order valence-electron chi connectivity index (χ0n) is 11.0. The fourth-order valence-electron chi connectivity index (χ4n) is 2.05. The van der Waals surface area contributed by atoms with E-state index in [0.29, 0.717) is 0 Å². The van der Waals surface area contributed by atoms with E-state index in [0.717, 1.165) is 39.1 Å². The van der Waals surface area contributed by atoms with Gasteiger partial charge in [-0.2, -0.15) is 0 Å². The van der Waals surface area contributed by atoms with Crippen LogP contribution in [0.5, 0.6) is 0 Å². The second-order valence-electron chi connectivity index (χ2n) is 5.81. The molecule has 0 atom stereocenters. The maximum absolute atomic E-state index is 6.43. The van der Waals surface area contributed by atoms with E-state index in [1.165, 1.54) is 0 Å². The first-order valence-electron chi connectivity index (χ1n) is 6.10. The van der Waals surface area contributed by atoms with E-state index >= 15 is 0 Å². The quantitative estimate of drug-likeness (QED) is 0.743. The number of ether oxygens (including phenoxy) is 1. The van der Waals surface area contributed by atoms with Crippen molar-refractivity contribution in [3.05, 3.63) is 12.7 Å². The van der Waals surface area contributed by atoms with Crippen LogP contribution in [0.2, 0.25) is 0 Å². The molecule has 0 aliphatic carbocycles. The number of hydrogen-bond donors (Lipinski definition) is 1. The molecule has 1 rings (SSSR count). The normalized spacial score (nSPS) is 21.1. The largest absolute Gasteiger partial charge is 0.381 e. The Balaban J connectivity index is 2.62. The van der Waals surface area contributed by atoms with Crippen molar-refractivity contribution in [1.29, 1.82) is 0 Å². The van der Waals surface area contributed by atoms with Crippen LogP contribution >= 0.6 is 0 Å². The lowest BCUT2D eigenvalue weighted by Gasteiger charge is -2.43. The van der Waals surface area contributed by atoms with Crippen LogP contribution < -0.4 is 5.73 Å². The van der Waals surface area contributed by atoms with Crippen molar-refractivity contribution in [1.82, 2.24) is 4.90 Å². The predicted octanol–water partition coefficient (Wildman–Crippen LogP) is 1.78. The Labute approximate surface area is 99.6 Å². The Bertz CT molecular complexity index is 227. The van der Waals surface area contributed by atoms with Gasteiger partial charge in [0.2, 0.25) is 0 Å².